The number of carbonyl (C=O) groups excluding carboxylic acids is 2. The molecule has 3 N–H and O–H groups in total. The van der Waals surface area contributed by atoms with E-state index in [2.05, 4.69) is 20.6 Å². The molecule has 1 aromatic carbocycles. The van der Waals surface area contributed by atoms with E-state index in [-0.39, 0.29) is 23.7 Å². The number of aromatic amines is 1. The van der Waals surface area contributed by atoms with Crippen LogP contribution in [0.25, 0.3) is 0 Å². The molecule has 2 amide bonds. The molecule has 2 heterocycles. The molecule has 0 unspecified atom stereocenters. The number of aromatic nitrogens is 2. The van der Waals surface area contributed by atoms with Crippen molar-refractivity contribution in [3.63, 3.8) is 0 Å². The van der Waals surface area contributed by atoms with Gasteiger partial charge in [-0.3, -0.25) is 14.4 Å². The second kappa shape index (κ2) is 7.92. The van der Waals surface area contributed by atoms with Crippen LogP contribution in [-0.2, 0) is 9.59 Å². The third-order valence-electron chi connectivity index (χ3n) is 3.82. The molecule has 26 heavy (non-hydrogen) atoms. The molecule has 1 aliphatic rings. The van der Waals surface area contributed by atoms with Gasteiger partial charge in [-0.05, 0) is 18.6 Å². The van der Waals surface area contributed by atoms with Crippen molar-refractivity contribution in [1.29, 1.82) is 0 Å². The van der Waals surface area contributed by atoms with Gasteiger partial charge in [0.1, 0.15) is 5.82 Å². The van der Waals surface area contributed by atoms with E-state index < -0.39 is 17.4 Å². The molecule has 0 aliphatic carbocycles. The summed E-state index contributed by atoms with van der Waals surface area (Å²) in [4.78, 5) is 44.2. The van der Waals surface area contributed by atoms with Crippen molar-refractivity contribution in [1.82, 2.24) is 9.97 Å². The SMILES string of the molecule is CCCSc1nc2c(c(=O)[nH]1)[C@H](C(=O)Nc1ccccc1Cl)CC(=O)N2. The largest absolute Gasteiger partial charge is 0.324 e. The Kier molecular flexibility index (Phi) is 5.63. The summed E-state index contributed by atoms with van der Waals surface area (Å²) >= 11 is 7.45. The number of nitrogens with zero attached hydrogens (tertiary/aromatic N) is 1. The Balaban J connectivity index is 1.93. The average Bonchev–Trinajstić information content (AvgIpc) is 2.60. The molecule has 2 aromatic rings. The van der Waals surface area contributed by atoms with Crippen LogP contribution in [0.1, 0.15) is 31.2 Å². The molecular formula is C17H17ClN4O3S. The van der Waals surface area contributed by atoms with Crippen molar-refractivity contribution in [2.24, 2.45) is 0 Å². The quantitative estimate of drug-likeness (QED) is 0.536. The summed E-state index contributed by atoms with van der Waals surface area (Å²) in [5.74, 6) is -0.845. The number of rotatable bonds is 5. The zero-order chi connectivity index (χ0) is 18.7. The lowest BCUT2D eigenvalue weighted by Gasteiger charge is -2.23. The Labute approximate surface area is 158 Å². The van der Waals surface area contributed by atoms with Crippen LogP contribution >= 0.6 is 23.4 Å². The number of hydrogen-bond acceptors (Lipinski definition) is 5. The second-order valence-electron chi connectivity index (χ2n) is 5.76. The topological polar surface area (TPSA) is 104 Å². The van der Waals surface area contributed by atoms with E-state index in [4.69, 9.17) is 11.6 Å². The van der Waals surface area contributed by atoms with Crippen molar-refractivity contribution >= 4 is 46.7 Å². The fraction of sp³-hybridized carbons (Fsp3) is 0.294. The minimum atomic E-state index is -0.934. The van der Waals surface area contributed by atoms with Crippen LogP contribution in [0.2, 0.25) is 5.02 Å². The molecule has 0 fully saturated rings. The maximum Gasteiger partial charge on any atom is 0.257 e. The standard InChI is InChI=1S/C17H17ClN4O3S/c1-2-7-26-17-21-14-13(16(25)22-17)9(8-12(23)20-14)15(24)19-11-6-4-3-5-10(11)18/h3-6,9H,2,7-8H2,1H3,(H,19,24)(H2,20,21,22,23,25)/t9-/m1/s1. The highest BCUT2D eigenvalue weighted by Crippen LogP contribution is 2.31. The first kappa shape index (κ1) is 18.5. The zero-order valence-electron chi connectivity index (χ0n) is 14.0. The van der Waals surface area contributed by atoms with Crippen molar-refractivity contribution < 1.29 is 9.59 Å². The van der Waals surface area contributed by atoms with Crippen LogP contribution in [-0.4, -0.2) is 27.5 Å². The number of fused-ring (bicyclic) bond motifs is 1. The van der Waals surface area contributed by atoms with Crippen molar-refractivity contribution in [2.45, 2.75) is 30.8 Å². The Morgan fingerprint density at radius 2 is 2.15 bits per heavy atom. The van der Waals surface area contributed by atoms with Crippen LogP contribution in [0, 0.1) is 0 Å². The lowest BCUT2D eigenvalue weighted by atomic mass is 9.92. The third-order valence-corrected chi connectivity index (χ3v) is 5.23. The molecule has 136 valence electrons. The smallest absolute Gasteiger partial charge is 0.257 e. The van der Waals surface area contributed by atoms with Gasteiger partial charge in [-0.2, -0.15) is 0 Å². The molecule has 1 aromatic heterocycles. The summed E-state index contributed by atoms with van der Waals surface area (Å²) < 4.78 is 0. The number of halogens is 1. The van der Waals surface area contributed by atoms with E-state index >= 15 is 0 Å². The minimum Gasteiger partial charge on any atom is -0.324 e. The van der Waals surface area contributed by atoms with Gasteiger partial charge in [-0.25, -0.2) is 4.98 Å². The fourth-order valence-corrected chi connectivity index (χ4v) is 3.53. The van der Waals surface area contributed by atoms with Gasteiger partial charge in [0.05, 0.1) is 22.2 Å². The lowest BCUT2D eigenvalue weighted by molar-refractivity contribution is -0.123. The molecule has 0 radical (unpaired) electrons. The molecule has 9 heteroatoms. The van der Waals surface area contributed by atoms with E-state index in [0.29, 0.717) is 15.9 Å². The van der Waals surface area contributed by atoms with Crippen molar-refractivity contribution in [3.8, 4) is 0 Å². The zero-order valence-corrected chi connectivity index (χ0v) is 15.5. The molecule has 3 rings (SSSR count). The van der Waals surface area contributed by atoms with Crippen LogP contribution < -0.4 is 16.2 Å². The molecule has 7 nitrogen and oxygen atoms in total. The number of carbonyl (C=O) groups is 2. The van der Waals surface area contributed by atoms with Gasteiger partial charge in [0.25, 0.3) is 5.56 Å². The van der Waals surface area contributed by atoms with Crippen molar-refractivity contribution in [3.05, 3.63) is 45.2 Å². The number of para-hydroxylation sites is 1. The first-order chi connectivity index (χ1) is 12.5. The van der Waals surface area contributed by atoms with E-state index in [1.165, 1.54) is 11.8 Å². The lowest BCUT2D eigenvalue weighted by Crippen LogP contribution is -2.36. The highest BCUT2D eigenvalue weighted by molar-refractivity contribution is 7.99. The molecule has 1 aliphatic heterocycles. The van der Waals surface area contributed by atoms with Gasteiger partial charge in [0, 0.05) is 12.2 Å². The summed E-state index contributed by atoms with van der Waals surface area (Å²) in [6.45, 7) is 2.01. The molecule has 0 bridgehead atoms. The predicted molar refractivity (Wildman–Crippen MR) is 102 cm³/mol. The Bertz CT molecular complexity index is 915. The van der Waals surface area contributed by atoms with E-state index in [1.807, 2.05) is 6.92 Å². The summed E-state index contributed by atoms with van der Waals surface area (Å²) in [6, 6.07) is 6.77. The third kappa shape index (κ3) is 3.91. The average molecular weight is 393 g/mol. The highest BCUT2D eigenvalue weighted by atomic mass is 35.5. The van der Waals surface area contributed by atoms with Crippen LogP contribution in [0.3, 0.4) is 0 Å². The number of hydrogen-bond donors (Lipinski definition) is 3. The van der Waals surface area contributed by atoms with Gasteiger partial charge in [-0.1, -0.05) is 42.4 Å². The number of H-pyrrole nitrogens is 1. The van der Waals surface area contributed by atoms with E-state index in [9.17, 15) is 14.4 Å². The number of anilines is 2. The number of amides is 2. The Morgan fingerprint density at radius 3 is 2.88 bits per heavy atom. The number of thioether (sulfide) groups is 1. The highest BCUT2D eigenvalue weighted by Gasteiger charge is 2.34. The monoisotopic (exact) mass is 392 g/mol. The molecular weight excluding hydrogens is 376 g/mol. The first-order valence-corrected chi connectivity index (χ1v) is 9.48. The molecule has 0 spiro atoms. The van der Waals surface area contributed by atoms with Crippen molar-refractivity contribution in [2.75, 3.05) is 16.4 Å². The number of nitrogens with one attached hydrogen (secondary N) is 3. The minimum absolute atomic E-state index is 0.129. The van der Waals surface area contributed by atoms with E-state index in [0.717, 1.165) is 12.2 Å². The summed E-state index contributed by atoms with van der Waals surface area (Å²) in [5, 5.41) is 6.06. The van der Waals surface area contributed by atoms with Gasteiger partial charge in [0.2, 0.25) is 11.8 Å². The van der Waals surface area contributed by atoms with Gasteiger partial charge in [-0.15, -0.1) is 0 Å². The van der Waals surface area contributed by atoms with Crippen LogP contribution in [0.5, 0.6) is 0 Å². The predicted octanol–water partition coefficient (Wildman–Crippen LogP) is 2.99. The maximum absolute atomic E-state index is 12.7. The van der Waals surface area contributed by atoms with Gasteiger partial charge in [0.15, 0.2) is 5.16 Å². The molecule has 0 saturated carbocycles. The summed E-state index contributed by atoms with van der Waals surface area (Å²) in [6.07, 6.45) is 0.788. The molecule has 0 saturated heterocycles. The normalized spacial score (nSPS) is 15.9. The first-order valence-electron chi connectivity index (χ1n) is 8.11. The van der Waals surface area contributed by atoms with E-state index in [1.54, 1.807) is 24.3 Å². The summed E-state index contributed by atoms with van der Waals surface area (Å²) in [7, 11) is 0. The fourth-order valence-electron chi connectivity index (χ4n) is 2.62. The second-order valence-corrected chi connectivity index (χ2v) is 7.25. The molecule has 1 atom stereocenters. The Morgan fingerprint density at radius 1 is 1.38 bits per heavy atom. The maximum atomic E-state index is 12.7. The van der Waals surface area contributed by atoms with Gasteiger partial charge < -0.3 is 15.6 Å². The van der Waals surface area contributed by atoms with Gasteiger partial charge >= 0.3 is 0 Å². The summed E-state index contributed by atoms with van der Waals surface area (Å²) in [5.41, 5.74) is 0.161. The van der Waals surface area contributed by atoms with Crippen LogP contribution in [0.4, 0.5) is 11.5 Å². The Hall–Kier alpha value is -2.32. The van der Waals surface area contributed by atoms with Crippen LogP contribution in [0.15, 0.2) is 34.2 Å². The number of benzene rings is 1.